The lowest BCUT2D eigenvalue weighted by molar-refractivity contribution is 0.0527. The van der Waals surface area contributed by atoms with Crippen molar-refractivity contribution in [1.82, 2.24) is 19.7 Å². The van der Waals surface area contributed by atoms with Crippen LogP contribution in [0.15, 0.2) is 12.4 Å². The first-order valence-electron chi connectivity index (χ1n) is 5.62. The van der Waals surface area contributed by atoms with Crippen molar-refractivity contribution >= 4 is 17.7 Å². The molecule has 8 heteroatoms. The zero-order chi connectivity index (χ0) is 14.0. The number of carbonyl (C=O) groups excluding carboxylic acids is 2. The first-order valence-corrected chi connectivity index (χ1v) is 5.62. The first kappa shape index (κ1) is 12.8. The number of hydrogen-bond donors (Lipinski definition) is 2. The Balaban J connectivity index is 2.42. The zero-order valence-corrected chi connectivity index (χ0v) is 10.5. The highest BCUT2D eigenvalue weighted by molar-refractivity contribution is 6.00. The molecule has 0 aliphatic heterocycles. The minimum atomic E-state index is -0.601. The summed E-state index contributed by atoms with van der Waals surface area (Å²) in [6.07, 6.45) is 2.94. The number of imidazole rings is 1. The molecule has 0 radical (unpaired) electrons. The second kappa shape index (κ2) is 4.92. The third kappa shape index (κ3) is 2.19. The van der Waals surface area contributed by atoms with Gasteiger partial charge in [0.05, 0.1) is 12.3 Å². The van der Waals surface area contributed by atoms with Gasteiger partial charge < -0.3 is 15.5 Å². The first-order chi connectivity index (χ1) is 9.06. The van der Waals surface area contributed by atoms with Gasteiger partial charge in [-0.2, -0.15) is 9.78 Å². The van der Waals surface area contributed by atoms with Gasteiger partial charge in [0.25, 0.3) is 0 Å². The third-order valence-corrected chi connectivity index (χ3v) is 2.47. The average Bonchev–Trinajstić information content (AvgIpc) is 2.97. The number of hydrogen-bond acceptors (Lipinski definition) is 6. The molecule has 0 aliphatic rings. The Kier molecular flexibility index (Phi) is 3.32. The lowest BCUT2D eigenvalue weighted by Crippen LogP contribution is -2.18. The standard InChI is InChI=1S/C11H13N5O3/c1-3-19-11(18)7-6(2)15-16(8(7)12)10(17)9-13-4-5-14-9/h4-5H,3,12H2,1-2H3,(H,13,14). The molecule has 0 bridgehead atoms. The number of H-pyrrole nitrogens is 1. The van der Waals surface area contributed by atoms with E-state index >= 15 is 0 Å². The fourth-order valence-electron chi connectivity index (χ4n) is 1.64. The third-order valence-electron chi connectivity index (χ3n) is 2.47. The van der Waals surface area contributed by atoms with Crippen molar-refractivity contribution in [3.05, 3.63) is 29.5 Å². The van der Waals surface area contributed by atoms with E-state index in [-0.39, 0.29) is 23.8 Å². The molecule has 2 aromatic rings. The number of esters is 1. The molecule has 0 fully saturated rings. The number of ether oxygens (including phenoxy) is 1. The normalized spacial score (nSPS) is 10.4. The van der Waals surface area contributed by atoms with E-state index in [1.54, 1.807) is 13.8 Å². The number of nitrogens with two attached hydrogens (primary N) is 1. The molecule has 19 heavy (non-hydrogen) atoms. The molecule has 8 nitrogen and oxygen atoms in total. The van der Waals surface area contributed by atoms with Gasteiger partial charge in [0, 0.05) is 12.4 Å². The molecule has 0 aliphatic carbocycles. The molecule has 100 valence electrons. The van der Waals surface area contributed by atoms with Gasteiger partial charge in [0.2, 0.25) is 0 Å². The van der Waals surface area contributed by atoms with Crippen LogP contribution in [0.3, 0.4) is 0 Å². The quantitative estimate of drug-likeness (QED) is 0.772. The van der Waals surface area contributed by atoms with Crippen LogP contribution in [0.2, 0.25) is 0 Å². The average molecular weight is 263 g/mol. The number of nitrogens with zero attached hydrogens (tertiary/aromatic N) is 3. The van der Waals surface area contributed by atoms with Gasteiger partial charge in [-0.3, -0.25) is 4.79 Å². The van der Waals surface area contributed by atoms with E-state index in [2.05, 4.69) is 15.1 Å². The van der Waals surface area contributed by atoms with Crippen LogP contribution in [0.5, 0.6) is 0 Å². The Morgan fingerprint density at radius 2 is 2.26 bits per heavy atom. The van der Waals surface area contributed by atoms with Crippen molar-refractivity contribution in [3.8, 4) is 0 Å². The molecule has 0 saturated heterocycles. The highest BCUT2D eigenvalue weighted by atomic mass is 16.5. The van der Waals surface area contributed by atoms with Crippen molar-refractivity contribution in [2.45, 2.75) is 13.8 Å². The Labute approximate surface area is 108 Å². The topological polar surface area (TPSA) is 116 Å². The number of aryl methyl sites for hydroxylation is 1. The monoisotopic (exact) mass is 263 g/mol. The second-order valence-corrected chi connectivity index (χ2v) is 3.72. The summed E-state index contributed by atoms with van der Waals surface area (Å²) in [4.78, 5) is 30.2. The maximum atomic E-state index is 12.0. The lowest BCUT2D eigenvalue weighted by atomic mass is 10.2. The van der Waals surface area contributed by atoms with Gasteiger partial charge in [-0.1, -0.05) is 0 Å². The van der Waals surface area contributed by atoms with E-state index in [1.165, 1.54) is 12.4 Å². The van der Waals surface area contributed by atoms with Gasteiger partial charge in [0.15, 0.2) is 5.82 Å². The molecular formula is C11H13N5O3. The number of carbonyl (C=O) groups is 2. The van der Waals surface area contributed by atoms with Crippen molar-refractivity contribution < 1.29 is 14.3 Å². The van der Waals surface area contributed by atoms with Crippen LogP contribution >= 0.6 is 0 Å². The van der Waals surface area contributed by atoms with E-state index in [1.807, 2.05) is 0 Å². The van der Waals surface area contributed by atoms with Gasteiger partial charge in [-0.15, -0.1) is 0 Å². The maximum Gasteiger partial charge on any atom is 0.343 e. The van der Waals surface area contributed by atoms with E-state index in [4.69, 9.17) is 10.5 Å². The van der Waals surface area contributed by atoms with Gasteiger partial charge in [-0.25, -0.2) is 9.78 Å². The summed E-state index contributed by atoms with van der Waals surface area (Å²) >= 11 is 0. The summed E-state index contributed by atoms with van der Waals surface area (Å²) < 4.78 is 5.80. The van der Waals surface area contributed by atoms with Crippen molar-refractivity contribution in [1.29, 1.82) is 0 Å². The SMILES string of the molecule is CCOC(=O)c1c(C)nn(C(=O)c2ncc[nH]2)c1N. The summed E-state index contributed by atoms with van der Waals surface area (Å²) in [7, 11) is 0. The van der Waals surface area contributed by atoms with E-state index < -0.39 is 11.9 Å². The highest BCUT2D eigenvalue weighted by Gasteiger charge is 2.25. The fraction of sp³-hybridized carbons (Fsp3) is 0.273. The summed E-state index contributed by atoms with van der Waals surface area (Å²) in [6.45, 7) is 3.48. The predicted molar refractivity (Wildman–Crippen MR) is 65.6 cm³/mol. The molecule has 3 N–H and O–H groups in total. The Morgan fingerprint density at radius 1 is 1.53 bits per heavy atom. The van der Waals surface area contributed by atoms with Crippen molar-refractivity contribution in [2.24, 2.45) is 0 Å². The van der Waals surface area contributed by atoms with Crippen LogP contribution in [-0.4, -0.2) is 38.2 Å². The molecule has 0 aromatic carbocycles. The molecule has 0 atom stereocenters. The number of aromatic nitrogens is 4. The van der Waals surface area contributed by atoms with Crippen molar-refractivity contribution in [2.75, 3.05) is 12.3 Å². The summed E-state index contributed by atoms with van der Waals surface area (Å²) in [5, 5.41) is 3.95. The largest absolute Gasteiger partial charge is 0.462 e. The van der Waals surface area contributed by atoms with Gasteiger partial charge in [0.1, 0.15) is 11.4 Å². The van der Waals surface area contributed by atoms with Gasteiger partial charge in [-0.05, 0) is 13.8 Å². The molecule has 0 unspecified atom stereocenters. The minimum absolute atomic E-state index is 0.0580. The van der Waals surface area contributed by atoms with Crippen LogP contribution < -0.4 is 5.73 Å². The predicted octanol–water partition coefficient (Wildman–Crippen LogP) is 0.362. The van der Waals surface area contributed by atoms with E-state index in [0.29, 0.717) is 5.69 Å². The van der Waals surface area contributed by atoms with E-state index in [9.17, 15) is 9.59 Å². The molecule has 2 heterocycles. The van der Waals surface area contributed by atoms with Gasteiger partial charge >= 0.3 is 11.9 Å². The van der Waals surface area contributed by atoms with Crippen LogP contribution in [0, 0.1) is 6.92 Å². The summed E-state index contributed by atoms with van der Waals surface area (Å²) in [5.41, 5.74) is 6.21. The maximum absolute atomic E-state index is 12.0. The van der Waals surface area contributed by atoms with E-state index in [0.717, 1.165) is 4.68 Å². The van der Waals surface area contributed by atoms with Crippen LogP contribution in [0.4, 0.5) is 5.82 Å². The number of aromatic amines is 1. The molecule has 0 saturated carbocycles. The van der Waals surface area contributed by atoms with Crippen LogP contribution in [0.25, 0.3) is 0 Å². The highest BCUT2D eigenvalue weighted by Crippen LogP contribution is 2.18. The Bertz CT molecular complexity index is 615. The zero-order valence-electron chi connectivity index (χ0n) is 10.5. The minimum Gasteiger partial charge on any atom is -0.462 e. The number of rotatable bonds is 3. The Morgan fingerprint density at radius 3 is 2.84 bits per heavy atom. The number of anilines is 1. The number of nitrogen functional groups attached to an aromatic ring is 1. The summed E-state index contributed by atoms with van der Waals surface area (Å²) in [5.74, 6) is -1.11. The lowest BCUT2D eigenvalue weighted by Gasteiger charge is -2.02. The second-order valence-electron chi connectivity index (χ2n) is 3.72. The fourth-order valence-corrected chi connectivity index (χ4v) is 1.64. The Hall–Kier alpha value is -2.64. The molecule has 0 amide bonds. The van der Waals surface area contributed by atoms with Crippen LogP contribution in [0.1, 0.15) is 33.6 Å². The molecule has 0 spiro atoms. The van der Waals surface area contributed by atoms with Crippen LogP contribution in [-0.2, 0) is 4.74 Å². The molecule has 2 rings (SSSR count). The smallest absolute Gasteiger partial charge is 0.343 e. The number of nitrogens with one attached hydrogen (secondary N) is 1. The molecule has 2 aromatic heterocycles. The van der Waals surface area contributed by atoms with Crippen molar-refractivity contribution in [3.63, 3.8) is 0 Å². The molecular weight excluding hydrogens is 250 g/mol. The summed E-state index contributed by atoms with van der Waals surface area (Å²) in [6, 6.07) is 0.